The zero-order valence-electron chi connectivity index (χ0n) is 15.4. The van der Waals surface area contributed by atoms with E-state index in [9.17, 15) is 0 Å². The van der Waals surface area contributed by atoms with E-state index in [2.05, 4.69) is 36.0 Å². The van der Waals surface area contributed by atoms with E-state index >= 15 is 0 Å². The summed E-state index contributed by atoms with van der Waals surface area (Å²) in [6.45, 7) is 14.3. The smallest absolute Gasteiger partial charge is 0.216 e. The third-order valence-electron chi connectivity index (χ3n) is 4.71. The number of hydrogen-bond donors (Lipinski definition) is 1. The molecule has 1 aliphatic rings. The second kappa shape index (κ2) is 7.84. The summed E-state index contributed by atoms with van der Waals surface area (Å²) in [7, 11) is 0. The van der Waals surface area contributed by atoms with Gasteiger partial charge in [-0.1, -0.05) is 20.3 Å². The highest BCUT2D eigenvalue weighted by Crippen LogP contribution is 2.33. The molecule has 0 aliphatic carbocycles. The Bertz CT molecular complexity index is 514. The van der Waals surface area contributed by atoms with Crippen LogP contribution in [0.3, 0.4) is 0 Å². The van der Waals surface area contributed by atoms with Gasteiger partial charge < -0.3 is 14.6 Å². The Kier molecular flexibility index (Phi) is 6.08. The van der Waals surface area contributed by atoms with E-state index in [-0.39, 0.29) is 0 Å². The molecule has 1 N–H and O–H groups in total. The summed E-state index contributed by atoms with van der Waals surface area (Å²) in [6, 6.07) is 0. The van der Waals surface area contributed by atoms with Gasteiger partial charge in [-0.15, -0.1) is 0 Å². The van der Waals surface area contributed by atoms with Crippen LogP contribution in [0.4, 0.5) is 0 Å². The molecule has 0 amide bonds. The molecule has 1 fully saturated rings. The van der Waals surface area contributed by atoms with Crippen molar-refractivity contribution >= 4 is 5.96 Å². The molecule has 1 saturated heterocycles. The van der Waals surface area contributed by atoms with E-state index in [0.29, 0.717) is 17.9 Å². The van der Waals surface area contributed by atoms with Gasteiger partial charge in [0, 0.05) is 19.6 Å². The third kappa shape index (κ3) is 4.72. The Labute approximate surface area is 140 Å². The standard InChI is InChI=1S/C18H32N4O/c1-6-9-18(5)10-8-11-22(13-18)17(19-7-2)20-12-16-21-14(3)15(4)23-16/h6-13H2,1-5H3,(H,19,20). The van der Waals surface area contributed by atoms with E-state index < -0.39 is 0 Å². The quantitative estimate of drug-likeness (QED) is 0.664. The van der Waals surface area contributed by atoms with Gasteiger partial charge in [-0.3, -0.25) is 0 Å². The lowest BCUT2D eigenvalue weighted by Crippen LogP contribution is -2.49. The van der Waals surface area contributed by atoms with Crippen molar-refractivity contribution < 1.29 is 4.42 Å². The van der Waals surface area contributed by atoms with Crippen LogP contribution in [-0.2, 0) is 6.54 Å². The largest absolute Gasteiger partial charge is 0.444 e. The molecule has 1 atom stereocenters. The molecule has 130 valence electrons. The van der Waals surface area contributed by atoms with Gasteiger partial charge in [0.05, 0.1) is 5.69 Å². The van der Waals surface area contributed by atoms with Crippen LogP contribution in [0.1, 0.15) is 63.8 Å². The van der Waals surface area contributed by atoms with E-state index in [1.54, 1.807) is 0 Å². The molecule has 5 nitrogen and oxygen atoms in total. The Morgan fingerprint density at radius 1 is 1.39 bits per heavy atom. The fourth-order valence-electron chi connectivity index (χ4n) is 3.48. The Morgan fingerprint density at radius 3 is 2.78 bits per heavy atom. The van der Waals surface area contributed by atoms with E-state index in [1.807, 2.05) is 13.8 Å². The minimum atomic E-state index is 0.402. The average Bonchev–Trinajstić information content (AvgIpc) is 2.82. The number of aliphatic imine (C=N–C) groups is 1. The normalized spacial score (nSPS) is 22.5. The number of likely N-dealkylation sites (tertiary alicyclic amines) is 1. The molecule has 1 aliphatic heterocycles. The van der Waals surface area contributed by atoms with Crippen molar-refractivity contribution in [2.24, 2.45) is 10.4 Å². The first-order valence-corrected chi connectivity index (χ1v) is 8.93. The third-order valence-corrected chi connectivity index (χ3v) is 4.71. The second-order valence-corrected chi connectivity index (χ2v) is 7.01. The van der Waals surface area contributed by atoms with E-state index in [1.165, 1.54) is 25.7 Å². The number of hydrogen-bond acceptors (Lipinski definition) is 3. The number of rotatable bonds is 5. The van der Waals surface area contributed by atoms with Crippen LogP contribution in [0.5, 0.6) is 0 Å². The van der Waals surface area contributed by atoms with Crippen LogP contribution < -0.4 is 5.32 Å². The van der Waals surface area contributed by atoms with E-state index in [4.69, 9.17) is 9.41 Å². The van der Waals surface area contributed by atoms with Crippen LogP contribution in [0, 0.1) is 19.3 Å². The van der Waals surface area contributed by atoms with Crippen molar-refractivity contribution in [1.82, 2.24) is 15.2 Å². The molecule has 23 heavy (non-hydrogen) atoms. The molecular weight excluding hydrogens is 288 g/mol. The monoisotopic (exact) mass is 320 g/mol. The first kappa shape index (κ1) is 17.8. The molecule has 1 unspecified atom stereocenters. The number of piperidine rings is 1. The molecule has 1 aromatic heterocycles. The summed E-state index contributed by atoms with van der Waals surface area (Å²) in [4.78, 5) is 11.6. The molecule has 0 bridgehead atoms. The lowest BCUT2D eigenvalue weighted by molar-refractivity contribution is 0.142. The first-order chi connectivity index (χ1) is 11.0. The number of nitrogens with one attached hydrogen (secondary N) is 1. The molecule has 1 aromatic rings. The Balaban J connectivity index is 2.08. The zero-order valence-corrected chi connectivity index (χ0v) is 15.4. The van der Waals surface area contributed by atoms with Gasteiger partial charge in [-0.2, -0.15) is 0 Å². The van der Waals surface area contributed by atoms with Crippen molar-refractivity contribution in [2.75, 3.05) is 19.6 Å². The van der Waals surface area contributed by atoms with Gasteiger partial charge in [0.15, 0.2) is 5.96 Å². The summed E-state index contributed by atoms with van der Waals surface area (Å²) in [6.07, 6.45) is 5.07. The van der Waals surface area contributed by atoms with Crippen LogP contribution in [-0.4, -0.2) is 35.5 Å². The highest BCUT2D eigenvalue weighted by Gasteiger charge is 2.31. The Hall–Kier alpha value is -1.52. The van der Waals surface area contributed by atoms with Crippen molar-refractivity contribution in [3.63, 3.8) is 0 Å². The predicted octanol–water partition coefficient (Wildman–Crippen LogP) is 3.66. The number of aromatic nitrogens is 1. The highest BCUT2D eigenvalue weighted by atomic mass is 16.4. The fourth-order valence-corrected chi connectivity index (χ4v) is 3.48. The molecule has 2 heterocycles. The molecule has 0 spiro atoms. The van der Waals surface area contributed by atoms with Crippen molar-refractivity contribution in [3.8, 4) is 0 Å². The predicted molar refractivity (Wildman–Crippen MR) is 94.6 cm³/mol. The summed E-state index contributed by atoms with van der Waals surface area (Å²) in [5.74, 6) is 2.57. The maximum absolute atomic E-state index is 5.65. The maximum Gasteiger partial charge on any atom is 0.216 e. The first-order valence-electron chi connectivity index (χ1n) is 8.93. The maximum atomic E-state index is 5.65. The fraction of sp³-hybridized carbons (Fsp3) is 0.778. The molecule has 0 saturated carbocycles. The summed E-state index contributed by atoms with van der Waals surface area (Å²) in [5, 5.41) is 3.43. The number of nitrogens with zero attached hydrogens (tertiary/aromatic N) is 3. The Morgan fingerprint density at radius 2 is 2.17 bits per heavy atom. The van der Waals surface area contributed by atoms with Gasteiger partial charge in [0.1, 0.15) is 12.3 Å². The molecule has 5 heteroatoms. The molecular formula is C18H32N4O. The average molecular weight is 320 g/mol. The van der Waals surface area contributed by atoms with Crippen LogP contribution in [0.2, 0.25) is 0 Å². The van der Waals surface area contributed by atoms with Gasteiger partial charge in [0.25, 0.3) is 0 Å². The van der Waals surface area contributed by atoms with Crippen molar-refractivity contribution in [3.05, 3.63) is 17.3 Å². The second-order valence-electron chi connectivity index (χ2n) is 7.01. The highest BCUT2D eigenvalue weighted by molar-refractivity contribution is 5.80. The lowest BCUT2D eigenvalue weighted by atomic mass is 9.78. The zero-order chi connectivity index (χ0) is 16.9. The van der Waals surface area contributed by atoms with Crippen molar-refractivity contribution in [2.45, 2.75) is 66.8 Å². The van der Waals surface area contributed by atoms with Gasteiger partial charge in [-0.05, 0) is 45.4 Å². The topological polar surface area (TPSA) is 53.7 Å². The SMILES string of the molecule is CCCC1(C)CCCN(C(=NCc2nc(C)c(C)o2)NCC)C1. The van der Waals surface area contributed by atoms with Crippen molar-refractivity contribution in [1.29, 1.82) is 0 Å². The van der Waals surface area contributed by atoms with Gasteiger partial charge in [0.2, 0.25) is 5.89 Å². The van der Waals surface area contributed by atoms with Crippen LogP contribution in [0.25, 0.3) is 0 Å². The number of aryl methyl sites for hydroxylation is 2. The summed E-state index contributed by atoms with van der Waals surface area (Å²) < 4.78 is 5.65. The lowest BCUT2D eigenvalue weighted by Gasteiger charge is -2.42. The minimum Gasteiger partial charge on any atom is -0.444 e. The van der Waals surface area contributed by atoms with Gasteiger partial charge in [-0.25, -0.2) is 9.98 Å². The minimum absolute atomic E-state index is 0.402. The molecule has 0 aromatic carbocycles. The van der Waals surface area contributed by atoms with E-state index in [0.717, 1.165) is 37.0 Å². The summed E-state index contributed by atoms with van der Waals surface area (Å²) >= 11 is 0. The molecule has 2 rings (SSSR count). The summed E-state index contributed by atoms with van der Waals surface area (Å²) in [5.41, 5.74) is 1.35. The van der Waals surface area contributed by atoms with Crippen LogP contribution >= 0.6 is 0 Å². The van der Waals surface area contributed by atoms with Crippen LogP contribution in [0.15, 0.2) is 9.41 Å². The van der Waals surface area contributed by atoms with Gasteiger partial charge >= 0.3 is 0 Å². The molecule has 0 radical (unpaired) electrons. The number of oxazole rings is 1. The number of guanidine groups is 1.